The van der Waals surface area contributed by atoms with Crippen molar-refractivity contribution in [3.63, 3.8) is 0 Å². The van der Waals surface area contributed by atoms with Crippen LogP contribution in [0.1, 0.15) is 11.3 Å². The van der Waals surface area contributed by atoms with E-state index < -0.39 is 0 Å². The maximum atomic E-state index is 5.90. The van der Waals surface area contributed by atoms with E-state index in [4.69, 9.17) is 11.6 Å². The van der Waals surface area contributed by atoms with Gasteiger partial charge in [0.15, 0.2) is 0 Å². The van der Waals surface area contributed by atoms with Crippen LogP contribution in [0.25, 0.3) is 10.9 Å². The fraction of sp³-hybridized carbons (Fsp3) is 0.250. The van der Waals surface area contributed by atoms with Crippen LogP contribution in [0.2, 0.25) is 5.02 Å². The second-order valence-electron chi connectivity index (χ2n) is 4.83. The van der Waals surface area contributed by atoms with Crippen molar-refractivity contribution < 1.29 is 0 Å². The van der Waals surface area contributed by atoms with Gasteiger partial charge in [-0.3, -0.25) is 0 Å². The molecule has 0 atom stereocenters. The lowest BCUT2D eigenvalue weighted by Gasteiger charge is -2.06. The molecule has 2 aromatic heterocycles. The number of nitrogens with zero attached hydrogens (tertiary/aromatic N) is 1. The Morgan fingerprint density at radius 3 is 2.95 bits per heavy atom. The number of thiophene rings is 1. The summed E-state index contributed by atoms with van der Waals surface area (Å²) in [7, 11) is 0. The smallest absolute Gasteiger partial charge is 0.0516 e. The van der Waals surface area contributed by atoms with E-state index in [1.54, 1.807) is 11.3 Å². The molecular formula is C16H17ClN2S. The molecule has 0 amide bonds. The predicted molar refractivity (Wildman–Crippen MR) is 87.6 cm³/mol. The minimum atomic E-state index is 0.839. The Hall–Kier alpha value is -1.29. The van der Waals surface area contributed by atoms with Crippen molar-refractivity contribution in [3.8, 4) is 0 Å². The maximum Gasteiger partial charge on any atom is 0.0516 e. The van der Waals surface area contributed by atoms with E-state index in [0.717, 1.165) is 31.1 Å². The summed E-state index contributed by atoms with van der Waals surface area (Å²) in [5, 5.41) is 7.59. The minimum Gasteiger partial charge on any atom is -0.347 e. The van der Waals surface area contributed by atoms with Crippen LogP contribution in [0.15, 0.2) is 48.0 Å². The molecule has 4 heteroatoms. The summed E-state index contributed by atoms with van der Waals surface area (Å²) in [6.45, 7) is 2.97. The molecule has 2 nitrogen and oxygen atoms in total. The summed E-state index contributed by atoms with van der Waals surface area (Å²) in [5.41, 5.74) is 1.32. The lowest BCUT2D eigenvalue weighted by molar-refractivity contribution is 0.593. The highest BCUT2D eigenvalue weighted by molar-refractivity contribution is 7.10. The van der Waals surface area contributed by atoms with Crippen molar-refractivity contribution in [2.45, 2.75) is 19.5 Å². The first kappa shape index (κ1) is 13.7. The molecule has 0 bridgehead atoms. The fourth-order valence-corrected chi connectivity index (χ4v) is 3.41. The molecule has 0 unspecified atom stereocenters. The van der Waals surface area contributed by atoms with E-state index in [2.05, 4.69) is 46.4 Å². The first-order valence-corrected chi connectivity index (χ1v) is 8.06. The number of hydrogen-bond donors (Lipinski definition) is 1. The number of rotatable bonds is 6. The monoisotopic (exact) mass is 304 g/mol. The zero-order valence-electron chi connectivity index (χ0n) is 11.2. The molecule has 2 heterocycles. The van der Waals surface area contributed by atoms with Crippen molar-refractivity contribution in [1.29, 1.82) is 0 Å². The van der Waals surface area contributed by atoms with Crippen LogP contribution < -0.4 is 5.32 Å². The van der Waals surface area contributed by atoms with Gasteiger partial charge in [-0.25, -0.2) is 0 Å². The summed E-state index contributed by atoms with van der Waals surface area (Å²) in [5.74, 6) is 0. The lowest BCUT2D eigenvalue weighted by Crippen LogP contribution is -2.15. The van der Waals surface area contributed by atoms with Gasteiger partial charge in [-0.15, -0.1) is 11.3 Å². The number of fused-ring (bicyclic) bond motifs is 1. The van der Waals surface area contributed by atoms with Gasteiger partial charge in [0, 0.05) is 35.1 Å². The van der Waals surface area contributed by atoms with Crippen LogP contribution >= 0.6 is 22.9 Å². The van der Waals surface area contributed by atoms with Gasteiger partial charge < -0.3 is 9.88 Å². The summed E-state index contributed by atoms with van der Waals surface area (Å²) in [6.07, 6.45) is 3.29. The third-order valence-corrected chi connectivity index (χ3v) is 4.64. The largest absolute Gasteiger partial charge is 0.347 e. The summed E-state index contributed by atoms with van der Waals surface area (Å²) >= 11 is 7.61. The molecule has 3 aromatic rings. The van der Waals surface area contributed by atoms with Crippen LogP contribution in [-0.2, 0) is 13.1 Å². The average molecular weight is 305 g/mol. The van der Waals surface area contributed by atoms with Crippen molar-refractivity contribution >= 4 is 33.8 Å². The summed E-state index contributed by atoms with van der Waals surface area (Å²) in [4.78, 5) is 1.29. The number of aryl methyl sites for hydroxylation is 1. The van der Waals surface area contributed by atoms with Crippen LogP contribution in [0, 0.1) is 0 Å². The van der Waals surface area contributed by atoms with Crippen LogP contribution in [0.3, 0.4) is 0 Å². The molecule has 1 N–H and O–H groups in total. The van der Waals surface area contributed by atoms with Crippen molar-refractivity contribution in [1.82, 2.24) is 9.88 Å². The molecule has 20 heavy (non-hydrogen) atoms. The van der Waals surface area contributed by atoms with Crippen LogP contribution in [0.5, 0.6) is 0 Å². The third kappa shape index (κ3) is 3.23. The first-order valence-electron chi connectivity index (χ1n) is 6.80. The first-order chi connectivity index (χ1) is 9.83. The SMILES string of the molecule is Clc1csc(CNCCCn2ccc3ccccc32)c1. The molecule has 0 aliphatic rings. The van der Waals surface area contributed by atoms with E-state index in [-0.39, 0.29) is 0 Å². The van der Waals surface area contributed by atoms with Crippen LogP contribution in [0.4, 0.5) is 0 Å². The molecule has 0 aliphatic heterocycles. The van der Waals surface area contributed by atoms with Gasteiger partial charge in [0.05, 0.1) is 5.02 Å². The normalized spacial score (nSPS) is 11.2. The lowest BCUT2D eigenvalue weighted by atomic mass is 10.2. The Balaban J connectivity index is 1.46. The Bertz CT molecular complexity index is 686. The maximum absolute atomic E-state index is 5.90. The summed E-state index contributed by atoms with van der Waals surface area (Å²) < 4.78 is 2.32. The molecule has 0 spiro atoms. The van der Waals surface area contributed by atoms with E-state index in [1.807, 2.05) is 11.4 Å². The number of para-hydroxylation sites is 1. The van der Waals surface area contributed by atoms with Gasteiger partial charge in [-0.05, 0) is 36.6 Å². The van der Waals surface area contributed by atoms with Gasteiger partial charge in [0.1, 0.15) is 0 Å². The van der Waals surface area contributed by atoms with Crippen molar-refractivity contribution in [2.75, 3.05) is 6.54 Å². The molecule has 1 aromatic carbocycles. The van der Waals surface area contributed by atoms with Crippen molar-refractivity contribution in [2.24, 2.45) is 0 Å². The molecule has 0 saturated heterocycles. The van der Waals surface area contributed by atoms with E-state index in [1.165, 1.54) is 15.8 Å². The second-order valence-corrected chi connectivity index (χ2v) is 6.26. The molecule has 0 saturated carbocycles. The van der Waals surface area contributed by atoms with Crippen molar-refractivity contribution in [3.05, 3.63) is 57.9 Å². The van der Waals surface area contributed by atoms with Gasteiger partial charge in [0.2, 0.25) is 0 Å². The Kier molecular flexibility index (Phi) is 4.41. The second kappa shape index (κ2) is 6.44. The average Bonchev–Trinajstić information content (AvgIpc) is 3.05. The summed E-state index contributed by atoms with van der Waals surface area (Å²) in [6, 6.07) is 12.7. The van der Waals surface area contributed by atoms with Crippen LogP contribution in [-0.4, -0.2) is 11.1 Å². The fourth-order valence-electron chi connectivity index (χ4n) is 2.37. The topological polar surface area (TPSA) is 17.0 Å². The Labute approximate surface area is 128 Å². The van der Waals surface area contributed by atoms with Gasteiger partial charge >= 0.3 is 0 Å². The number of hydrogen-bond acceptors (Lipinski definition) is 2. The highest BCUT2D eigenvalue weighted by Gasteiger charge is 2.00. The van der Waals surface area contributed by atoms with E-state index in [0.29, 0.717) is 0 Å². The highest BCUT2D eigenvalue weighted by Crippen LogP contribution is 2.18. The number of halogens is 1. The molecule has 0 aliphatic carbocycles. The quantitative estimate of drug-likeness (QED) is 0.662. The number of benzene rings is 1. The van der Waals surface area contributed by atoms with E-state index >= 15 is 0 Å². The van der Waals surface area contributed by atoms with Gasteiger partial charge in [-0.1, -0.05) is 29.8 Å². The predicted octanol–water partition coefficient (Wildman–Crippen LogP) is 4.54. The van der Waals surface area contributed by atoms with E-state index in [9.17, 15) is 0 Å². The Morgan fingerprint density at radius 1 is 1.20 bits per heavy atom. The third-order valence-electron chi connectivity index (χ3n) is 3.35. The zero-order valence-corrected chi connectivity index (χ0v) is 12.8. The van der Waals surface area contributed by atoms with Gasteiger partial charge in [-0.2, -0.15) is 0 Å². The number of nitrogens with one attached hydrogen (secondary N) is 1. The molecular weight excluding hydrogens is 288 g/mol. The molecule has 0 fully saturated rings. The number of aromatic nitrogens is 1. The molecule has 0 radical (unpaired) electrons. The molecule has 104 valence electrons. The van der Waals surface area contributed by atoms with Gasteiger partial charge in [0.25, 0.3) is 0 Å². The zero-order chi connectivity index (χ0) is 13.8. The molecule has 3 rings (SSSR count). The minimum absolute atomic E-state index is 0.839. The highest BCUT2D eigenvalue weighted by atomic mass is 35.5. The standard InChI is InChI=1S/C16H17ClN2S/c17-14-10-15(20-12-14)11-18-7-3-8-19-9-6-13-4-1-2-5-16(13)19/h1-2,4-6,9-10,12,18H,3,7-8,11H2. The Morgan fingerprint density at radius 2 is 2.10 bits per heavy atom.